The molecule has 1 aromatic heterocycles. The van der Waals surface area contributed by atoms with Crippen molar-refractivity contribution in [3.8, 4) is 0 Å². The van der Waals surface area contributed by atoms with Crippen molar-refractivity contribution in [2.24, 2.45) is 5.73 Å². The van der Waals surface area contributed by atoms with Crippen molar-refractivity contribution in [2.75, 3.05) is 27.7 Å². The van der Waals surface area contributed by atoms with Crippen molar-refractivity contribution in [1.29, 1.82) is 0 Å². The molecule has 2 aromatic rings. The number of benzene rings is 1. The van der Waals surface area contributed by atoms with E-state index in [9.17, 15) is 12.8 Å². The highest BCUT2D eigenvalue weighted by molar-refractivity contribution is 7.89. The summed E-state index contributed by atoms with van der Waals surface area (Å²) in [7, 11) is 0.832. The van der Waals surface area contributed by atoms with Gasteiger partial charge in [-0.2, -0.15) is 5.10 Å². The molecule has 29 heavy (non-hydrogen) atoms. The van der Waals surface area contributed by atoms with Crippen LogP contribution in [-0.4, -0.2) is 50.3 Å². The molecule has 1 aromatic carbocycles. The number of aromatic nitrogens is 2. The van der Waals surface area contributed by atoms with Crippen LogP contribution < -0.4 is 5.73 Å². The van der Waals surface area contributed by atoms with Crippen LogP contribution in [0.1, 0.15) is 22.5 Å². The summed E-state index contributed by atoms with van der Waals surface area (Å²) < 4.78 is 46.5. The number of allylic oxidation sites excluding steroid dienone is 1. The third-order valence-corrected chi connectivity index (χ3v) is 6.77. The van der Waals surface area contributed by atoms with Gasteiger partial charge in [-0.1, -0.05) is 17.7 Å². The van der Waals surface area contributed by atoms with Gasteiger partial charge in [-0.25, -0.2) is 17.1 Å². The van der Waals surface area contributed by atoms with Crippen LogP contribution in [-0.2, 0) is 34.3 Å². The molecule has 0 spiro atoms. The van der Waals surface area contributed by atoms with Gasteiger partial charge in [-0.3, -0.25) is 4.68 Å². The Bertz CT molecular complexity index is 1000. The monoisotopic (exact) mass is 444 g/mol. The van der Waals surface area contributed by atoms with E-state index in [0.29, 0.717) is 12.1 Å². The molecule has 160 valence electrons. The van der Waals surface area contributed by atoms with Gasteiger partial charge in [0.25, 0.3) is 0 Å². The molecule has 0 aliphatic rings. The fourth-order valence-corrected chi connectivity index (χ4v) is 4.32. The van der Waals surface area contributed by atoms with Crippen molar-refractivity contribution in [2.45, 2.75) is 31.4 Å². The van der Waals surface area contributed by atoms with E-state index in [1.54, 1.807) is 23.9 Å². The molecule has 0 radical (unpaired) electrons. The summed E-state index contributed by atoms with van der Waals surface area (Å²) in [5.74, 6) is -0.366. The SMILES string of the molecule is COCc1nn(CC(F)=CCN)c(C)c1Cc1ccc(S(=O)(=O)N(C)C)c(Cl)c1. The standard InChI is InChI=1S/C19H26ClFN4O3S/c1-13-16(18(12-28-4)23-25(13)11-15(21)7-8-22)9-14-5-6-19(17(20)10-14)29(26,27)24(2)3/h5-7,10H,8-9,11-12,22H2,1-4H3. The molecule has 0 saturated heterocycles. The normalized spacial score (nSPS) is 12.8. The van der Waals surface area contributed by atoms with Gasteiger partial charge < -0.3 is 10.5 Å². The smallest absolute Gasteiger partial charge is 0.244 e. The minimum Gasteiger partial charge on any atom is -0.378 e. The predicted octanol–water partition coefficient (Wildman–Crippen LogP) is 2.64. The lowest BCUT2D eigenvalue weighted by atomic mass is 10.0. The van der Waals surface area contributed by atoms with E-state index in [0.717, 1.165) is 21.1 Å². The van der Waals surface area contributed by atoms with E-state index in [-0.39, 0.29) is 35.4 Å². The Labute approximate surface area is 175 Å². The van der Waals surface area contributed by atoms with Crippen molar-refractivity contribution in [3.05, 3.63) is 57.6 Å². The van der Waals surface area contributed by atoms with E-state index >= 15 is 0 Å². The van der Waals surface area contributed by atoms with E-state index < -0.39 is 10.0 Å². The number of sulfonamides is 1. The van der Waals surface area contributed by atoms with Crippen LogP contribution in [0.4, 0.5) is 4.39 Å². The number of nitrogens with zero attached hydrogens (tertiary/aromatic N) is 3. The zero-order chi connectivity index (χ0) is 21.8. The Kier molecular flexibility index (Phi) is 7.95. The molecule has 2 rings (SSSR count). The van der Waals surface area contributed by atoms with Gasteiger partial charge in [0.2, 0.25) is 10.0 Å². The third kappa shape index (κ3) is 5.43. The molecule has 0 aliphatic carbocycles. The topological polar surface area (TPSA) is 90.5 Å². The van der Waals surface area contributed by atoms with Crippen LogP contribution in [0.15, 0.2) is 35.0 Å². The molecule has 0 amide bonds. The maximum absolute atomic E-state index is 13.9. The van der Waals surface area contributed by atoms with Gasteiger partial charge in [0.15, 0.2) is 0 Å². The van der Waals surface area contributed by atoms with Crippen LogP contribution in [0.5, 0.6) is 0 Å². The van der Waals surface area contributed by atoms with Gasteiger partial charge in [0.05, 0.1) is 23.9 Å². The van der Waals surface area contributed by atoms with Gasteiger partial charge in [0.1, 0.15) is 10.7 Å². The van der Waals surface area contributed by atoms with Gasteiger partial charge in [0, 0.05) is 45.4 Å². The Hall–Kier alpha value is -1.78. The second-order valence-corrected chi connectivity index (χ2v) is 9.24. The zero-order valence-corrected chi connectivity index (χ0v) is 18.5. The van der Waals surface area contributed by atoms with Gasteiger partial charge in [-0.05, 0) is 30.7 Å². The zero-order valence-electron chi connectivity index (χ0n) is 16.9. The Morgan fingerprint density at radius 3 is 2.66 bits per heavy atom. The summed E-state index contributed by atoms with van der Waals surface area (Å²) in [5.41, 5.74) is 8.53. The second kappa shape index (κ2) is 9.82. The summed E-state index contributed by atoms with van der Waals surface area (Å²) in [6, 6.07) is 4.83. The summed E-state index contributed by atoms with van der Waals surface area (Å²) in [6.07, 6.45) is 1.76. The summed E-state index contributed by atoms with van der Waals surface area (Å²) >= 11 is 6.25. The van der Waals surface area contributed by atoms with Crippen molar-refractivity contribution < 1.29 is 17.5 Å². The maximum Gasteiger partial charge on any atom is 0.244 e. The molecule has 0 saturated carbocycles. The van der Waals surface area contributed by atoms with Crippen LogP contribution in [0.25, 0.3) is 0 Å². The van der Waals surface area contributed by atoms with Crippen molar-refractivity contribution in [3.63, 3.8) is 0 Å². The molecule has 0 atom stereocenters. The highest BCUT2D eigenvalue weighted by atomic mass is 35.5. The molecule has 7 nitrogen and oxygen atoms in total. The number of ether oxygens (including phenoxy) is 1. The van der Waals surface area contributed by atoms with Crippen molar-refractivity contribution in [1.82, 2.24) is 14.1 Å². The van der Waals surface area contributed by atoms with Crippen LogP contribution >= 0.6 is 11.6 Å². The predicted molar refractivity (Wildman–Crippen MR) is 111 cm³/mol. The largest absolute Gasteiger partial charge is 0.378 e. The Morgan fingerprint density at radius 2 is 2.10 bits per heavy atom. The van der Waals surface area contributed by atoms with E-state index in [1.807, 2.05) is 6.92 Å². The number of nitrogens with two attached hydrogens (primary N) is 1. The summed E-state index contributed by atoms with van der Waals surface area (Å²) in [6.45, 7) is 2.22. The van der Waals surface area contributed by atoms with Crippen molar-refractivity contribution >= 4 is 21.6 Å². The lowest BCUT2D eigenvalue weighted by Gasteiger charge is -2.13. The van der Waals surface area contributed by atoms with Gasteiger partial charge >= 0.3 is 0 Å². The maximum atomic E-state index is 13.9. The first-order valence-corrected chi connectivity index (χ1v) is 10.7. The molecular formula is C19H26ClFN4O3S. The average Bonchev–Trinajstić information content (AvgIpc) is 2.91. The molecule has 0 bridgehead atoms. The molecular weight excluding hydrogens is 419 g/mol. The average molecular weight is 445 g/mol. The Balaban J connectivity index is 2.39. The van der Waals surface area contributed by atoms with Crippen LogP contribution in [0, 0.1) is 6.92 Å². The highest BCUT2D eigenvalue weighted by Gasteiger charge is 2.22. The molecule has 0 fully saturated rings. The first-order chi connectivity index (χ1) is 13.6. The Morgan fingerprint density at radius 1 is 1.41 bits per heavy atom. The molecule has 0 aliphatic heterocycles. The lowest BCUT2D eigenvalue weighted by molar-refractivity contribution is 0.180. The highest BCUT2D eigenvalue weighted by Crippen LogP contribution is 2.27. The lowest BCUT2D eigenvalue weighted by Crippen LogP contribution is -2.22. The fourth-order valence-electron chi connectivity index (χ4n) is 2.88. The second-order valence-electron chi connectivity index (χ2n) is 6.72. The summed E-state index contributed by atoms with van der Waals surface area (Å²) in [5, 5.41) is 4.60. The van der Waals surface area contributed by atoms with E-state index in [4.69, 9.17) is 22.1 Å². The van der Waals surface area contributed by atoms with Crippen LogP contribution in [0.2, 0.25) is 5.02 Å². The number of hydrogen-bond donors (Lipinski definition) is 1. The molecule has 2 N–H and O–H groups in total. The number of hydrogen-bond acceptors (Lipinski definition) is 5. The number of methoxy groups -OCH3 is 1. The summed E-state index contributed by atoms with van der Waals surface area (Å²) in [4.78, 5) is 0.0476. The molecule has 10 heteroatoms. The minimum atomic E-state index is -3.63. The molecule has 1 heterocycles. The van der Waals surface area contributed by atoms with Crippen LogP contribution in [0.3, 0.4) is 0 Å². The van der Waals surface area contributed by atoms with Gasteiger partial charge in [-0.15, -0.1) is 0 Å². The fraction of sp³-hybridized carbons (Fsp3) is 0.421. The third-order valence-electron chi connectivity index (χ3n) is 4.47. The first kappa shape index (κ1) is 23.5. The minimum absolute atomic E-state index is 0.0134. The number of rotatable bonds is 9. The van der Waals surface area contributed by atoms with E-state index in [1.165, 1.54) is 26.2 Å². The number of halogens is 2. The first-order valence-electron chi connectivity index (χ1n) is 8.91. The molecule has 0 unspecified atom stereocenters. The quantitative estimate of drug-likeness (QED) is 0.642. The van der Waals surface area contributed by atoms with E-state index in [2.05, 4.69) is 5.10 Å².